The number of anilines is 1. The molecule has 2 atom stereocenters. The van der Waals surface area contributed by atoms with E-state index in [0.29, 0.717) is 28.0 Å². The maximum absolute atomic E-state index is 13.2. The number of hydrogen-bond donors (Lipinski definition) is 0. The van der Waals surface area contributed by atoms with Gasteiger partial charge in [0.05, 0.1) is 19.9 Å². The van der Waals surface area contributed by atoms with Gasteiger partial charge in [-0.3, -0.25) is 14.6 Å². The fourth-order valence-electron chi connectivity index (χ4n) is 3.75. The van der Waals surface area contributed by atoms with Crippen LogP contribution in [0.4, 0.5) is 5.69 Å². The summed E-state index contributed by atoms with van der Waals surface area (Å²) in [6.07, 6.45) is 0. The first-order chi connectivity index (χ1) is 16.0. The highest BCUT2D eigenvalue weighted by Crippen LogP contribution is 2.37. The van der Waals surface area contributed by atoms with Crippen LogP contribution in [0.3, 0.4) is 0 Å². The van der Waals surface area contributed by atoms with E-state index in [9.17, 15) is 9.59 Å². The minimum atomic E-state index is -0.954. The Morgan fingerprint density at radius 2 is 1.79 bits per heavy atom. The summed E-state index contributed by atoms with van der Waals surface area (Å²) in [6.45, 7) is 0.0179. The maximum atomic E-state index is 13.2. The summed E-state index contributed by atoms with van der Waals surface area (Å²) in [7, 11) is 2.98. The van der Waals surface area contributed by atoms with Crippen LogP contribution in [0.1, 0.15) is 5.89 Å². The molecule has 3 heterocycles. The molecule has 168 valence electrons. The molecule has 11 nitrogen and oxygen atoms in total. The average Bonchev–Trinajstić information content (AvgIpc) is 3.52. The van der Waals surface area contributed by atoms with Gasteiger partial charge in [-0.1, -0.05) is 22.0 Å². The van der Waals surface area contributed by atoms with Crippen LogP contribution in [0.2, 0.25) is 5.02 Å². The van der Waals surface area contributed by atoms with E-state index in [0.717, 1.165) is 10.5 Å². The Bertz CT molecular complexity index is 1260. The Morgan fingerprint density at radius 1 is 1.03 bits per heavy atom. The lowest BCUT2D eigenvalue weighted by Gasteiger charge is -2.20. The molecular weight excluding hydrogens is 452 g/mol. The third-order valence-electron chi connectivity index (χ3n) is 5.35. The quantitative estimate of drug-likeness (QED) is 0.506. The Balaban J connectivity index is 1.36. The Morgan fingerprint density at radius 3 is 2.52 bits per heavy atom. The van der Waals surface area contributed by atoms with Crippen molar-refractivity contribution in [2.75, 3.05) is 19.1 Å². The molecule has 0 bridgehead atoms. The number of carbonyl (C=O) groups is 2. The van der Waals surface area contributed by atoms with Crippen molar-refractivity contribution in [1.29, 1.82) is 0 Å². The first-order valence-electron chi connectivity index (χ1n) is 9.86. The number of ether oxygens (including phenoxy) is 2. The predicted octanol–water partition coefficient (Wildman–Crippen LogP) is 2.90. The van der Waals surface area contributed by atoms with Gasteiger partial charge in [0.15, 0.2) is 23.6 Å². The minimum Gasteiger partial charge on any atom is -0.493 e. The highest BCUT2D eigenvalue weighted by Gasteiger charge is 2.55. The molecule has 1 fully saturated rings. The van der Waals surface area contributed by atoms with Crippen LogP contribution in [0, 0.1) is 0 Å². The fraction of sp³-hybridized carbons (Fsp3) is 0.238. The van der Waals surface area contributed by atoms with Crippen LogP contribution in [0.5, 0.6) is 11.5 Å². The molecule has 2 aliphatic rings. The van der Waals surface area contributed by atoms with E-state index in [-0.39, 0.29) is 12.4 Å². The Labute approximate surface area is 192 Å². The SMILES string of the molecule is COc1ccc(N2C(=O)[C@H]3N=NN(Cc4nc(-c5ccc(Cl)cc5)no4)[C@H]3C2=O)cc1OC. The molecule has 1 saturated heterocycles. The van der Waals surface area contributed by atoms with Crippen molar-refractivity contribution in [3.8, 4) is 22.9 Å². The number of methoxy groups -OCH3 is 2. The van der Waals surface area contributed by atoms with E-state index in [1.807, 2.05) is 0 Å². The molecule has 5 rings (SSSR count). The van der Waals surface area contributed by atoms with E-state index < -0.39 is 23.9 Å². The van der Waals surface area contributed by atoms with Crippen molar-refractivity contribution >= 4 is 29.1 Å². The molecule has 2 amide bonds. The van der Waals surface area contributed by atoms with E-state index >= 15 is 0 Å². The first-order valence-corrected chi connectivity index (χ1v) is 10.2. The van der Waals surface area contributed by atoms with Crippen LogP contribution in [-0.2, 0) is 16.1 Å². The van der Waals surface area contributed by atoms with Gasteiger partial charge in [0.25, 0.3) is 11.8 Å². The summed E-state index contributed by atoms with van der Waals surface area (Å²) in [6, 6.07) is 9.91. The van der Waals surface area contributed by atoms with Gasteiger partial charge >= 0.3 is 0 Å². The maximum Gasteiger partial charge on any atom is 0.263 e. The van der Waals surface area contributed by atoms with Gasteiger partial charge in [-0.05, 0) is 36.4 Å². The van der Waals surface area contributed by atoms with Crippen molar-refractivity contribution in [2.24, 2.45) is 10.3 Å². The van der Waals surface area contributed by atoms with Gasteiger partial charge in [0, 0.05) is 16.7 Å². The van der Waals surface area contributed by atoms with E-state index in [4.69, 9.17) is 25.6 Å². The van der Waals surface area contributed by atoms with Gasteiger partial charge in [0.2, 0.25) is 11.7 Å². The number of nitrogens with zero attached hydrogens (tertiary/aromatic N) is 6. The molecule has 0 unspecified atom stereocenters. The molecule has 0 spiro atoms. The summed E-state index contributed by atoms with van der Waals surface area (Å²) >= 11 is 5.91. The topological polar surface area (TPSA) is 123 Å². The van der Waals surface area contributed by atoms with Crippen molar-refractivity contribution < 1.29 is 23.6 Å². The first kappa shape index (κ1) is 20.9. The Kier molecular flexibility index (Phi) is 5.17. The van der Waals surface area contributed by atoms with Crippen LogP contribution >= 0.6 is 11.6 Å². The van der Waals surface area contributed by atoms with E-state index in [2.05, 4.69) is 20.5 Å². The molecule has 33 heavy (non-hydrogen) atoms. The summed E-state index contributed by atoms with van der Waals surface area (Å²) < 4.78 is 15.8. The molecule has 0 saturated carbocycles. The van der Waals surface area contributed by atoms with Crippen molar-refractivity contribution in [2.45, 2.75) is 18.6 Å². The van der Waals surface area contributed by atoms with Crippen LogP contribution < -0.4 is 14.4 Å². The number of carbonyl (C=O) groups excluding carboxylic acids is 2. The number of fused-ring (bicyclic) bond motifs is 1. The van der Waals surface area contributed by atoms with Gasteiger partial charge < -0.3 is 14.0 Å². The van der Waals surface area contributed by atoms with Crippen LogP contribution in [-0.4, -0.2) is 53.3 Å². The van der Waals surface area contributed by atoms with Gasteiger partial charge in [0.1, 0.15) is 6.54 Å². The van der Waals surface area contributed by atoms with Crippen LogP contribution in [0.25, 0.3) is 11.4 Å². The number of imide groups is 1. The van der Waals surface area contributed by atoms with Gasteiger partial charge in [-0.15, -0.1) is 0 Å². The lowest BCUT2D eigenvalue weighted by atomic mass is 10.1. The second kappa shape index (κ2) is 8.17. The van der Waals surface area contributed by atoms with E-state index in [1.54, 1.807) is 42.5 Å². The number of benzene rings is 2. The molecular formula is C21H17ClN6O5. The molecule has 0 radical (unpaired) electrons. The Hall–Kier alpha value is -3.99. The number of hydrogen-bond acceptors (Lipinski definition) is 10. The third-order valence-corrected chi connectivity index (χ3v) is 5.60. The third kappa shape index (κ3) is 3.55. The molecule has 0 N–H and O–H groups in total. The number of amides is 2. The second-order valence-electron chi connectivity index (χ2n) is 7.26. The molecule has 2 aliphatic heterocycles. The highest BCUT2D eigenvalue weighted by molar-refractivity contribution is 6.30. The average molecular weight is 469 g/mol. The molecule has 3 aromatic rings. The fourth-order valence-corrected chi connectivity index (χ4v) is 3.87. The van der Waals surface area contributed by atoms with Gasteiger partial charge in [-0.2, -0.15) is 10.1 Å². The second-order valence-corrected chi connectivity index (χ2v) is 7.70. The molecule has 0 aliphatic carbocycles. The minimum absolute atomic E-state index is 0.0179. The zero-order valence-corrected chi connectivity index (χ0v) is 18.3. The summed E-state index contributed by atoms with van der Waals surface area (Å²) in [4.78, 5) is 31.6. The number of rotatable bonds is 6. The number of halogens is 1. The molecule has 1 aromatic heterocycles. The molecule has 12 heteroatoms. The van der Waals surface area contributed by atoms with E-state index in [1.165, 1.54) is 19.2 Å². The zero-order valence-electron chi connectivity index (χ0n) is 17.5. The summed E-state index contributed by atoms with van der Waals surface area (Å²) in [5.41, 5.74) is 1.08. The monoisotopic (exact) mass is 468 g/mol. The van der Waals surface area contributed by atoms with Crippen LogP contribution in [0.15, 0.2) is 57.3 Å². The largest absolute Gasteiger partial charge is 0.493 e. The zero-order chi connectivity index (χ0) is 23.1. The smallest absolute Gasteiger partial charge is 0.263 e. The lowest BCUT2D eigenvalue weighted by Crippen LogP contribution is -2.39. The summed E-state index contributed by atoms with van der Waals surface area (Å²) in [5, 5.41) is 13.9. The van der Waals surface area contributed by atoms with Crippen molar-refractivity contribution in [3.05, 3.63) is 53.4 Å². The van der Waals surface area contributed by atoms with Crippen molar-refractivity contribution in [3.63, 3.8) is 0 Å². The predicted molar refractivity (Wildman–Crippen MR) is 115 cm³/mol. The lowest BCUT2D eigenvalue weighted by molar-refractivity contribution is -0.123. The van der Waals surface area contributed by atoms with Gasteiger partial charge in [-0.25, -0.2) is 4.90 Å². The standard InChI is InChI=1S/C21H17ClN6O5/c1-31-14-8-7-13(9-15(14)32-2)28-20(29)17-18(21(28)30)27(26-24-17)10-16-23-19(25-33-16)11-3-5-12(22)6-4-11/h3-9,17-18H,10H2,1-2H3/t17-,18+/m0/s1. The highest BCUT2D eigenvalue weighted by atomic mass is 35.5. The normalized spacial score (nSPS) is 19.4. The molecule has 2 aromatic carbocycles. The number of aromatic nitrogens is 2. The van der Waals surface area contributed by atoms with Crippen molar-refractivity contribution in [1.82, 2.24) is 15.1 Å². The summed E-state index contributed by atoms with van der Waals surface area (Å²) in [5.74, 6) is 0.538.